The quantitative estimate of drug-likeness (QED) is 0.610. The zero-order valence-corrected chi connectivity index (χ0v) is 13.9. The predicted molar refractivity (Wildman–Crippen MR) is 82.2 cm³/mol. The molecule has 0 saturated heterocycles. The van der Waals surface area contributed by atoms with Crippen LogP contribution in [-0.4, -0.2) is 21.8 Å². The van der Waals surface area contributed by atoms with Gasteiger partial charge in [0.05, 0.1) is 0 Å². The molecule has 2 aromatic rings. The molecule has 4 heteroatoms. The van der Waals surface area contributed by atoms with Gasteiger partial charge in [0.1, 0.15) is 0 Å². The molecule has 0 N–H and O–H groups in total. The Morgan fingerprint density at radius 3 is 1.37 bits per heavy atom. The van der Waals surface area contributed by atoms with Crippen molar-refractivity contribution in [2.24, 2.45) is 0 Å². The van der Waals surface area contributed by atoms with E-state index in [1.54, 1.807) is 0 Å². The van der Waals surface area contributed by atoms with Gasteiger partial charge in [-0.1, -0.05) is 0 Å². The fourth-order valence-corrected chi connectivity index (χ4v) is 3.73. The van der Waals surface area contributed by atoms with E-state index in [2.05, 4.69) is 28.9 Å². The average Bonchev–Trinajstić information content (AvgIpc) is 2.34. The van der Waals surface area contributed by atoms with E-state index in [9.17, 15) is 0 Å². The van der Waals surface area contributed by atoms with Crippen LogP contribution in [0.1, 0.15) is 11.1 Å². The minimum atomic E-state index is -2.04. The summed E-state index contributed by atoms with van der Waals surface area (Å²) in [7, 11) is 0. The van der Waals surface area contributed by atoms with E-state index in [4.69, 9.17) is 9.05 Å². The van der Waals surface area contributed by atoms with Gasteiger partial charge >= 0.3 is 122 Å². The summed E-state index contributed by atoms with van der Waals surface area (Å²) < 4.78 is 11.8. The first-order valence-electron chi connectivity index (χ1n) is 6.05. The topological polar surface area (TPSA) is 18.5 Å². The molecule has 2 rings (SSSR count). The van der Waals surface area contributed by atoms with Gasteiger partial charge in [0.15, 0.2) is 0 Å². The second kappa shape index (κ2) is 5.96. The molecule has 0 amide bonds. The van der Waals surface area contributed by atoms with Crippen LogP contribution >= 0.6 is 5.96 Å². The van der Waals surface area contributed by atoms with E-state index in [0.717, 1.165) is 11.5 Å². The maximum absolute atomic E-state index is 5.92. The van der Waals surface area contributed by atoms with Crippen LogP contribution in [0.15, 0.2) is 48.5 Å². The van der Waals surface area contributed by atoms with Crippen LogP contribution in [0.2, 0.25) is 0 Å². The standard InChI is InChI=1S/C15H17O2PSe/c1-12-4-8-14(9-5-12)16-18(3,19)17-15-10-6-13(2)7-11-15/h4-11H,1-3H3. The summed E-state index contributed by atoms with van der Waals surface area (Å²) in [4.78, 5) is 0. The molecule has 0 unspecified atom stereocenters. The molecule has 0 aliphatic heterocycles. The average molecular weight is 339 g/mol. The second-order valence-electron chi connectivity index (χ2n) is 4.58. The Morgan fingerprint density at radius 1 is 0.737 bits per heavy atom. The molecular formula is C15H17O2PSe. The molecule has 0 aliphatic rings. The Hall–Kier alpha value is -1.01. The second-order valence-corrected chi connectivity index (χ2v) is 10.7. The van der Waals surface area contributed by atoms with Crippen molar-refractivity contribution >= 4 is 21.1 Å². The summed E-state index contributed by atoms with van der Waals surface area (Å²) in [5.74, 6) is -0.389. The van der Waals surface area contributed by atoms with Crippen molar-refractivity contribution in [3.05, 3.63) is 59.7 Å². The van der Waals surface area contributed by atoms with Gasteiger partial charge in [0.2, 0.25) is 0 Å². The van der Waals surface area contributed by atoms with Crippen molar-refractivity contribution in [3.8, 4) is 11.5 Å². The summed E-state index contributed by atoms with van der Waals surface area (Å²) in [6.07, 6.45) is 0. The zero-order valence-electron chi connectivity index (χ0n) is 11.3. The Kier molecular flexibility index (Phi) is 4.52. The third-order valence-electron chi connectivity index (χ3n) is 2.58. The van der Waals surface area contributed by atoms with Gasteiger partial charge in [-0.3, -0.25) is 0 Å². The Morgan fingerprint density at radius 2 is 1.05 bits per heavy atom. The number of rotatable bonds is 4. The molecule has 0 saturated carbocycles. The zero-order chi connectivity index (χ0) is 13.9. The van der Waals surface area contributed by atoms with E-state index >= 15 is 0 Å². The van der Waals surface area contributed by atoms with Crippen LogP contribution in [0.3, 0.4) is 0 Å². The van der Waals surface area contributed by atoms with Crippen molar-refractivity contribution in [2.75, 3.05) is 6.66 Å². The Labute approximate surface area is 122 Å². The molecule has 0 aliphatic carbocycles. The van der Waals surface area contributed by atoms with Crippen molar-refractivity contribution in [1.29, 1.82) is 0 Å². The van der Waals surface area contributed by atoms with Crippen LogP contribution in [0.25, 0.3) is 0 Å². The molecule has 0 heterocycles. The summed E-state index contributed by atoms with van der Waals surface area (Å²) in [6, 6.07) is 16.0. The third kappa shape index (κ3) is 4.54. The molecule has 0 atom stereocenters. The molecule has 0 bridgehead atoms. The summed E-state index contributed by atoms with van der Waals surface area (Å²) in [5.41, 5.74) is 2.43. The molecule has 2 nitrogen and oxygen atoms in total. The van der Waals surface area contributed by atoms with Crippen molar-refractivity contribution in [1.82, 2.24) is 0 Å². The van der Waals surface area contributed by atoms with E-state index in [-0.39, 0.29) is 0 Å². The van der Waals surface area contributed by atoms with Crippen molar-refractivity contribution in [3.63, 3.8) is 0 Å². The molecule has 0 aromatic heterocycles. The first-order valence-corrected chi connectivity index (χ1v) is 10.3. The van der Waals surface area contributed by atoms with Gasteiger partial charge in [-0.05, 0) is 0 Å². The fourth-order valence-electron chi connectivity index (χ4n) is 1.60. The molecule has 2 aromatic carbocycles. The van der Waals surface area contributed by atoms with Gasteiger partial charge in [-0.25, -0.2) is 0 Å². The number of hydrogen-bond donors (Lipinski definition) is 0. The van der Waals surface area contributed by atoms with Gasteiger partial charge in [-0.2, -0.15) is 0 Å². The summed E-state index contributed by atoms with van der Waals surface area (Å²) >= 11 is 3.05. The maximum atomic E-state index is 5.92. The monoisotopic (exact) mass is 340 g/mol. The number of hydrogen-bond acceptors (Lipinski definition) is 2. The normalized spacial score (nSPS) is 11.1. The predicted octanol–water partition coefficient (Wildman–Crippen LogP) is 4.32. The summed E-state index contributed by atoms with van der Waals surface area (Å²) in [5, 5.41) is 0. The molecule has 0 radical (unpaired) electrons. The molecular weight excluding hydrogens is 322 g/mol. The van der Waals surface area contributed by atoms with Crippen molar-refractivity contribution in [2.45, 2.75) is 13.8 Å². The molecule has 0 spiro atoms. The van der Waals surface area contributed by atoms with Crippen LogP contribution in [-0.2, 0) is 0 Å². The molecule has 19 heavy (non-hydrogen) atoms. The van der Waals surface area contributed by atoms with E-state index in [1.165, 1.54) is 11.1 Å². The first kappa shape index (κ1) is 14.4. The van der Waals surface area contributed by atoms with Gasteiger partial charge in [0.25, 0.3) is 0 Å². The van der Waals surface area contributed by atoms with E-state index in [0.29, 0.717) is 0 Å². The summed E-state index contributed by atoms with van der Waals surface area (Å²) in [6.45, 7) is 6.07. The first-order chi connectivity index (χ1) is 8.94. The van der Waals surface area contributed by atoms with Crippen LogP contribution in [0.5, 0.6) is 11.5 Å². The van der Waals surface area contributed by atoms with Crippen LogP contribution < -0.4 is 9.05 Å². The molecule has 0 fully saturated rings. The number of aryl methyl sites for hydroxylation is 2. The minimum absolute atomic E-state index is 0.826. The fraction of sp³-hybridized carbons (Fsp3) is 0.200. The van der Waals surface area contributed by atoms with Gasteiger partial charge in [-0.15, -0.1) is 0 Å². The Balaban J connectivity index is 2.08. The SMILES string of the molecule is Cc1ccc(OP(C)(=[Se])Oc2ccc(C)cc2)cc1. The van der Waals surface area contributed by atoms with E-state index < -0.39 is 5.96 Å². The van der Waals surface area contributed by atoms with Gasteiger partial charge < -0.3 is 0 Å². The third-order valence-corrected chi connectivity index (χ3v) is 4.61. The van der Waals surface area contributed by atoms with Crippen molar-refractivity contribution < 1.29 is 9.05 Å². The van der Waals surface area contributed by atoms with Crippen LogP contribution in [0.4, 0.5) is 0 Å². The number of benzene rings is 2. The van der Waals surface area contributed by atoms with E-state index in [1.807, 2.05) is 55.2 Å². The Bertz CT molecular complexity index is 539. The molecule has 100 valence electrons. The van der Waals surface area contributed by atoms with Gasteiger partial charge in [0, 0.05) is 0 Å². The van der Waals surface area contributed by atoms with Crippen LogP contribution in [0, 0.1) is 13.8 Å².